The van der Waals surface area contributed by atoms with Crippen molar-refractivity contribution in [2.75, 3.05) is 4.90 Å². The molecule has 4 aliphatic carbocycles. The molecule has 5 fully saturated rings. The molecule has 2 amide bonds. The number of fused-ring (bicyclic) bond motifs is 2. The Kier molecular flexibility index (Phi) is 2.26. The second kappa shape index (κ2) is 4.11. The number of amides is 2. The number of hydrogen-bond donors (Lipinski definition) is 0. The van der Waals surface area contributed by atoms with Crippen LogP contribution in [0.1, 0.15) is 25.0 Å². The Hall–Kier alpha value is -2.10. The molecule has 1 saturated heterocycles. The number of nitrogens with zero attached hydrogens (tertiary/aromatic N) is 1. The predicted molar refractivity (Wildman–Crippen MR) is 88.2 cm³/mol. The zero-order valence-corrected chi connectivity index (χ0v) is 13.6. The van der Waals surface area contributed by atoms with E-state index in [1.54, 1.807) is 0 Å². The highest BCUT2D eigenvalue weighted by molar-refractivity contribution is 6.22. The fraction of sp³-hybridized carbons (Fsp3) is 0.500. The molecule has 7 rings (SSSR count). The van der Waals surface area contributed by atoms with Crippen molar-refractivity contribution < 1.29 is 14.0 Å². The van der Waals surface area contributed by atoms with Gasteiger partial charge in [-0.1, -0.05) is 0 Å². The average molecular weight is 321 g/mol. The normalized spacial score (nSPS) is 39.5. The molecule has 6 atom stereocenters. The maximum atomic E-state index is 13.1. The highest BCUT2D eigenvalue weighted by atomic mass is 16.3. The molecule has 24 heavy (non-hydrogen) atoms. The predicted octanol–water partition coefficient (Wildman–Crippen LogP) is 3.52. The summed E-state index contributed by atoms with van der Waals surface area (Å²) in [4.78, 5) is 27.7. The number of benzene rings is 1. The van der Waals surface area contributed by atoms with Crippen LogP contribution in [0, 0.1) is 42.4 Å². The Morgan fingerprint density at radius 1 is 0.958 bits per heavy atom. The highest BCUT2D eigenvalue weighted by Gasteiger charge is 2.68. The largest absolute Gasteiger partial charge is 0.461 e. The van der Waals surface area contributed by atoms with E-state index >= 15 is 0 Å². The number of hydrogen-bond acceptors (Lipinski definition) is 3. The molecule has 2 heterocycles. The molecule has 0 radical (unpaired) electrons. The van der Waals surface area contributed by atoms with E-state index in [9.17, 15) is 9.59 Å². The fourth-order valence-corrected chi connectivity index (χ4v) is 6.10. The smallest absolute Gasteiger partial charge is 0.237 e. The van der Waals surface area contributed by atoms with E-state index in [0.29, 0.717) is 17.5 Å². The molecule has 4 heteroatoms. The highest BCUT2D eigenvalue weighted by Crippen LogP contribution is 2.68. The quantitative estimate of drug-likeness (QED) is 0.755. The van der Waals surface area contributed by atoms with Gasteiger partial charge in [0, 0.05) is 5.39 Å². The van der Waals surface area contributed by atoms with Crippen LogP contribution in [0.2, 0.25) is 0 Å². The Balaban J connectivity index is 1.45. The fourth-order valence-electron chi connectivity index (χ4n) is 6.10. The van der Waals surface area contributed by atoms with Crippen LogP contribution >= 0.6 is 0 Å². The van der Waals surface area contributed by atoms with Crippen LogP contribution < -0.4 is 4.90 Å². The van der Waals surface area contributed by atoms with Gasteiger partial charge in [-0.25, -0.2) is 0 Å². The van der Waals surface area contributed by atoms with E-state index in [0.717, 1.165) is 41.4 Å². The van der Waals surface area contributed by atoms with Gasteiger partial charge in [-0.15, -0.1) is 0 Å². The second-order valence-electron chi connectivity index (χ2n) is 8.11. The SMILES string of the molecule is Cc1cc2cc(N3C(=O)C4C5CCC(C6CC65)C4C3=O)ccc2o1. The van der Waals surface area contributed by atoms with Crippen molar-refractivity contribution in [3.05, 3.63) is 30.0 Å². The standard InChI is InChI=1S/C20H19NO3/c1-9-6-10-7-11(2-5-16(10)24-9)21-19(22)17-12-3-4-13(15-8-14(12)15)18(17)20(21)23/h2,5-7,12-15,17-18H,3-4,8H2,1H3. The van der Waals surface area contributed by atoms with Crippen molar-refractivity contribution in [1.29, 1.82) is 0 Å². The molecule has 1 aliphatic heterocycles. The summed E-state index contributed by atoms with van der Waals surface area (Å²) < 4.78 is 5.61. The van der Waals surface area contributed by atoms with Gasteiger partial charge in [-0.05, 0) is 74.1 Å². The molecular weight excluding hydrogens is 302 g/mol. The number of anilines is 1. The lowest BCUT2D eigenvalue weighted by Gasteiger charge is -2.42. The third-order valence-electron chi connectivity index (χ3n) is 7.03. The van der Waals surface area contributed by atoms with Crippen molar-refractivity contribution in [2.24, 2.45) is 35.5 Å². The first-order valence-corrected chi connectivity index (χ1v) is 9.01. The van der Waals surface area contributed by atoms with Crippen molar-refractivity contribution >= 4 is 28.5 Å². The molecule has 2 aromatic rings. The van der Waals surface area contributed by atoms with Gasteiger partial charge in [0.1, 0.15) is 11.3 Å². The van der Waals surface area contributed by atoms with Crippen molar-refractivity contribution in [3.63, 3.8) is 0 Å². The summed E-state index contributed by atoms with van der Waals surface area (Å²) in [7, 11) is 0. The van der Waals surface area contributed by atoms with E-state index < -0.39 is 0 Å². The molecule has 4 nitrogen and oxygen atoms in total. The molecule has 1 aromatic heterocycles. The first-order chi connectivity index (χ1) is 11.6. The molecule has 1 aromatic carbocycles. The topological polar surface area (TPSA) is 50.5 Å². The molecular formula is C20H19NO3. The van der Waals surface area contributed by atoms with Crippen LogP contribution in [0.4, 0.5) is 5.69 Å². The minimum absolute atomic E-state index is 0.0459. The van der Waals surface area contributed by atoms with E-state index in [4.69, 9.17) is 4.42 Å². The van der Waals surface area contributed by atoms with Crippen molar-refractivity contribution in [3.8, 4) is 0 Å². The van der Waals surface area contributed by atoms with Gasteiger partial charge in [0.05, 0.1) is 17.5 Å². The summed E-state index contributed by atoms with van der Waals surface area (Å²) in [5.74, 6) is 3.17. The average Bonchev–Trinajstić information content (AvgIpc) is 3.25. The van der Waals surface area contributed by atoms with Gasteiger partial charge in [0.2, 0.25) is 11.8 Å². The Morgan fingerprint density at radius 3 is 2.29 bits per heavy atom. The number of carbonyl (C=O) groups excluding carboxylic acids is 2. The number of furan rings is 1. The number of aryl methyl sites for hydroxylation is 1. The summed E-state index contributed by atoms with van der Waals surface area (Å²) >= 11 is 0. The summed E-state index contributed by atoms with van der Waals surface area (Å²) in [6.45, 7) is 1.91. The summed E-state index contributed by atoms with van der Waals surface area (Å²) in [5.41, 5.74) is 1.51. The van der Waals surface area contributed by atoms with Crippen LogP contribution in [0.3, 0.4) is 0 Å². The minimum atomic E-state index is -0.0539. The van der Waals surface area contributed by atoms with E-state index in [1.165, 1.54) is 11.3 Å². The van der Waals surface area contributed by atoms with Gasteiger partial charge in [0.15, 0.2) is 0 Å². The van der Waals surface area contributed by atoms with Crippen LogP contribution in [0.5, 0.6) is 0 Å². The van der Waals surface area contributed by atoms with Gasteiger partial charge < -0.3 is 4.42 Å². The Bertz CT molecular complexity index is 879. The van der Waals surface area contributed by atoms with Crippen LogP contribution in [-0.4, -0.2) is 11.8 Å². The van der Waals surface area contributed by atoms with E-state index in [1.807, 2.05) is 31.2 Å². The minimum Gasteiger partial charge on any atom is -0.461 e. The van der Waals surface area contributed by atoms with Crippen LogP contribution in [0.15, 0.2) is 28.7 Å². The lowest BCUT2D eigenvalue weighted by molar-refractivity contribution is -0.129. The van der Waals surface area contributed by atoms with Gasteiger partial charge >= 0.3 is 0 Å². The zero-order valence-electron chi connectivity index (χ0n) is 13.6. The van der Waals surface area contributed by atoms with Gasteiger partial charge in [0.25, 0.3) is 0 Å². The first-order valence-electron chi connectivity index (χ1n) is 9.01. The molecule has 4 saturated carbocycles. The van der Waals surface area contributed by atoms with Crippen molar-refractivity contribution in [2.45, 2.75) is 26.2 Å². The maximum absolute atomic E-state index is 13.1. The third-order valence-corrected chi connectivity index (χ3v) is 7.03. The monoisotopic (exact) mass is 321 g/mol. The molecule has 122 valence electrons. The zero-order chi connectivity index (χ0) is 16.2. The van der Waals surface area contributed by atoms with E-state index in [-0.39, 0.29) is 23.7 Å². The van der Waals surface area contributed by atoms with Crippen LogP contribution in [-0.2, 0) is 9.59 Å². The number of rotatable bonds is 1. The summed E-state index contributed by atoms with van der Waals surface area (Å²) in [5, 5.41) is 0.950. The molecule has 2 bridgehead atoms. The van der Waals surface area contributed by atoms with Crippen LogP contribution in [0.25, 0.3) is 11.0 Å². The molecule has 0 spiro atoms. The Morgan fingerprint density at radius 2 is 1.62 bits per heavy atom. The summed E-state index contributed by atoms with van der Waals surface area (Å²) in [6, 6.07) is 7.59. The summed E-state index contributed by atoms with van der Waals surface area (Å²) in [6.07, 6.45) is 3.53. The lowest BCUT2D eigenvalue weighted by atomic mass is 9.59. The second-order valence-corrected chi connectivity index (χ2v) is 8.11. The molecule has 0 N–H and O–H groups in total. The van der Waals surface area contributed by atoms with Gasteiger partial charge in [-0.2, -0.15) is 0 Å². The molecule has 5 aliphatic rings. The number of imide groups is 1. The maximum Gasteiger partial charge on any atom is 0.237 e. The lowest BCUT2D eigenvalue weighted by Crippen LogP contribution is -2.43. The third kappa shape index (κ3) is 1.45. The number of carbonyl (C=O) groups is 2. The van der Waals surface area contributed by atoms with E-state index in [2.05, 4.69) is 0 Å². The molecule has 6 unspecified atom stereocenters. The van der Waals surface area contributed by atoms with Gasteiger partial charge in [-0.3, -0.25) is 14.5 Å². The Labute approximate surface area is 139 Å². The first kappa shape index (κ1) is 13.2. The van der Waals surface area contributed by atoms with Crippen molar-refractivity contribution in [1.82, 2.24) is 0 Å².